The Balaban J connectivity index is 0.00000341. The van der Waals surface area contributed by atoms with E-state index in [-0.39, 0.29) is 42.0 Å². The number of aliphatic imine (C=N–C) groups is 1. The van der Waals surface area contributed by atoms with Gasteiger partial charge < -0.3 is 25.2 Å². The number of guanidine groups is 1. The van der Waals surface area contributed by atoms with Crippen molar-refractivity contribution in [3.8, 4) is 5.75 Å². The SMILES string of the molecule is CCNC(=NCC1(CCO)CCOC1)NCC(c1cccc(OC)c1)N1CCCC1.I. The van der Waals surface area contributed by atoms with Crippen molar-refractivity contribution in [1.29, 1.82) is 0 Å². The van der Waals surface area contributed by atoms with Gasteiger partial charge in [0.2, 0.25) is 0 Å². The molecule has 8 heteroatoms. The lowest BCUT2D eigenvalue weighted by Crippen LogP contribution is -2.43. The van der Waals surface area contributed by atoms with E-state index < -0.39 is 0 Å². The van der Waals surface area contributed by atoms with Crippen molar-refractivity contribution in [2.24, 2.45) is 10.4 Å². The van der Waals surface area contributed by atoms with E-state index in [2.05, 4.69) is 40.7 Å². The zero-order valence-electron chi connectivity index (χ0n) is 18.9. The van der Waals surface area contributed by atoms with Gasteiger partial charge in [-0.2, -0.15) is 0 Å². The highest BCUT2D eigenvalue weighted by molar-refractivity contribution is 14.0. The Bertz CT molecular complexity index is 677. The number of aliphatic hydroxyl groups is 1. The highest BCUT2D eigenvalue weighted by Gasteiger charge is 2.34. The molecule has 0 radical (unpaired) electrons. The molecule has 0 amide bonds. The summed E-state index contributed by atoms with van der Waals surface area (Å²) < 4.78 is 11.1. The van der Waals surface area contributed by atoms with Crippen LogP contribution < -0.4 is 15.4 Å². The van der Waals surface area contributed by atoms with Gasteiger partial charge in [0.1, 0.15) is 5.75 Å². The molecule has 1 aromatic rings. The van der Waals surface area contributed by atoms with Crippen molar-refractivity contribution in [3.63, 3.8) is 0 Å². The third-order valence-corrected chi connectivity index (χ3v) is 6.27. The van der Waals surface area contributed by atoms with Gasteiger partial charge in [-0.1, -0.05) is 12.1 Å². The van der Waals surface area contributed by atoms with E-state index >= 15 is 0 Å². The molecular weight excluding hydrogens is 507 g/mol. The zero-order valence-corrected chi connectivity index (χ0v) is 21.3. The molecule has 0 bridgehead atoms. The molecule has 2 atom stereocenters. The fourth-order valence-corrected chi connectivity index (χ4v) is 4.43. The number of hydrogen-bond donors (Lipinski definition) is 3. The topological polar surface area (TPSA) is 78.4 Å². The standard InChI is InChI=1S/C23H38N4O3.HI/c1-3-24-22(26-17-23(9-13-28)10-14-30-18-23)25-16-21(27-11-4-5-12-27)19-7-6-8-20(15-19)29-2;/h6-8,15,21,28H,3-5,9-14,16-18H2,1-2H3,(H2,24,25,26);1H. The molecule has 31 heavy (non-hydrogen) atoms. The summed E-state index contributed by atoms with van der Waals surface area (Å²) in [6.07, 6.45) is 4.18. The number of rotatable bonds is 10. The number of ether oxygens (including phenoxy) is 2. The maximum atomic E-state index is 9.48. The summed E-state index contributed by atoms with van der Waals surface area (Å²) in [5.41, 5.74) is 1.22. The molecule has 0 saturated carbocycles. The fraction of sp³-hybridized carbons (Fsp3) is 0.696. The first-order valence-electron chi connectivity index (χ1n) is 11.3. The zero-order chi connectivity index (χ0) is 21.2. The van der Waals surface area contributed by atoms with Crippen LogP contribution in [0.2, 0.25) is 0 Å². The first-order valence-corrected chi connectivity index (χ1v) is 11.3. The van der Waals surface area contributed by atoms with Gasteiger partial charge in [0.15, 0.2) is 5.96 Å². The second-order valence-corrected chi connectivity index (χ2v) is 8.39. The molecule has 176 valence electrons. The number of methoxy groups -OCH3 is 1. The largest absolute Gasteiger partial charge is 0.497 e. The molecule has 3 N–H and O–H groups in total. The summed E-state index contributed by atoms with van der Waals surface area (Å²) in [5.74, 6) is 1.72. The Labute approximate surface area is 204 Å². The van der Waals surface area contributed by atoms with Gasteiger partial charge in [0.05, 0.1) is 26.3 Å². The fourth-order valence-electron chi connectivity index (χ4n) is 4.43. The quantitative estimate of drug-likeness (QED) is 0.238. The summed E-state index contributed by atoms with van der Waals surface area (Å²) in [5, 5.41) is 16.4. The van der Waals surface area contributed by atoms with Gasteiger partial charge >= 0.3 is 0 Å². The molecule has 2 fully saturated rings. The lowest BCUT2D eigenvalue weighted by atomic mass is 9.84. The smallest absolute Gasteiger partial charge is 0.191 e. The predicted octanol–water partition coefficient (Wildman–Crippen LogP) is 2.79. The van der Waals surface area contributed by atoms with E-state index in [1.165, 1.54) is 18.4 Å². The number of nitrogens with zero attached hydrogens (tertiary/aromatic N) is 2. The van der Waals surface area contributed by atoms with Gasteiger partial charge in [0, 0.05) is 31.7 Å². The highest BCUT2D eigenvalue weighted by atomic mass is 127. The number of halogens is 1. The minimum Gasteiger partial charge on any atom is -0.497 e. The van der Waals surface area contributed by atoms with Crippen LogP contribution in [0.3, 0.4) is 0 Å². The number of benzene rings is 1. The van der Waals surface area contributed by atoms with Crippen molar-refractivity contribution in [3.05, 3.63) is 29.8 Å². The third kappa shape index (κ3) is 7.47. The van der Waals surface area contributed by atoms with E-state index in [1.54, 1.807) is 7.11 Å². The van der Waals surface area contributed by atoms with Gasteiger partial charge in [-0.3, -0.25) is 9.89 Å². The van der Waals surface area contributed by atoms with Crippen molar-refractivity contribution in [1.82, 2.24) is 15.5 Å². The highest BCUT2D eigenvalue weighted by Crippen LogP contribution is 2.32. The molecule has 7 nitrogen and oxygen atoms in total. The molecule has 0 aromatic heterocycles. The molecule has 2 heterocycles. The van der Waals surface area contributed by atoms with Crippen molar-refractivity contribution >= 4 is 29.9 Å². The Hall–Kier alpha value is -1.10. The van der Waals surface area contributed by atoms with E-state index in [4.69, 9.17) is 14.5 Å². The Morgan fingerprint density at radius 3 is 2.77 bits per heavy atom. The van der Waals surface area contributed by atoms with Crippen LogP contribution in [0.1, 0.15) is 44.2 Å². The molecule has 2 aliphatic heterocycles. The normalized spacial score (nSPS) is 22.7. The van der Waals surface area contributed by atoms with E-state index in [0.717, 1.165) is 57.3 Å². The first-order chi connectivity index (χ1) is 14.7. The Kier molecular flexibility index (Phi) is 11.3. The molecule has 3 rings (SSSR count). The van der Waals surface area contributed by atoms with E-state index in [1.807, 2.05) is 6.07 Å². The van der Waals surface area contributed by atoms with Crippen LogP contribution in [0.25, 0.3) is 0 Å². The van der Waals surface area contributed by atoms with Crippen LogP contribution in [0.5, 0.6) is 5.75 Å². The van der Waals surface area contributed by atoms with E-state index in [0.29, 0.717) is 13.2 Å². The summed E-state index contributed by atoms with van der Waals surface area (Å²) in [6, 6.07) is 8.65. The first kappa shape index (κ1) is 26.2. The maximum absolute atomic E-state index is 9.48. The molecular formula is C23H39IN4O3. The van der Waals surface area contributed by atoms with Crippen LogP contribution in [0, 0.1) is 5.41 Å². The van der Waals surface area contributed by atoms with Crippen LogP contribution in [0.4, 0.5) is 0 Å². The summed E-state index contributed by atoms with van der Waals surface area (Å²) in [6.45, 7) is 8.18. The molecule has 0 aliphatic carbocycles. The van der Waals surface area contributed by atoms with Gasteiger partial charge in [0.25, 0.3) is 0 Å². The van der Waals surface area contributed by atoms with Crippen LogP contribution in [-0.4, -0.2) is 75.6 Å². The molecule has 2 saturated heterocycles. The molecule has 0 spiro atoms. The average Bonchev–Trinajstić information content (AvgIpc) is 3.46. The average molecular weight is 546 g/mol. The lowest BCUT2D eigenvalue weighted by molar-refractivity contribution is 0.131. The lowest BCUT2D eigenvalue weighted by Gasteiger charge is -2.29. The molecule has 2 unspecified atom stereocenters. The Morgan fingerprint density at radius 1 is 1.32 bits per heavy atom. The summed E-state index contributed by atoms with van der Waals surface area (Å²) >= 11 is 0. The second-order valence-electron chi connectivity index (χ2n) is 8.39. The van der Waals surface area contributed by atoms with Gasteiger partial charge in [-0.25, -0.2) is 0 Å². The Morgan fingerprint density at radius 2 is 2.13 bits per heavy atom. The minimum atomic E-state index is -0.0434. The van der Waals surface area contributed by atoms with Crippen molar-refractivity contribution in [2.45, 2.75) is 38.6 Å². The number of likely N-dealkylation sites (tertiary alicyclic amines) is 1. The predicted molar refractivity (Wildman–Crippen MR) is 136 cm³/mol. The van der Waals surface area contributed by atoms with Crippen LogP contribution >= 0.6 is 24.0 Å². The van der Waals surface area contributed by atoms with Crippen molar-refractivity contribution in [2.75, 3.05) is 59.7 Å². The van der Waals surface area contributed by atoms with Gasteiger partial charge in [-0.05, 0) is 63.4 Å². The summed E-state index contributed by atoms with van der Waals surface area (Å²) in [7, 11) is 1.72. The monoisotopic (exact) mass is 546 g/mol. The number of hydrogen-bond acceptors (Lipinski definition) is 5. The molecule has 2 aliphatic rings. The number of nitrogens with one attached hydrogen (secondary N) is 2. The van der Waals surface area contributed by atoms with Gasteiger partial charge in [-0.15, -0.1) is 24.0 Å². The second kappa shape index (κ2) is 13.4. The number of aliphatic hydroxyl groups excluding tert-OH is 1. The van der Waals surface area contributed by atoms with Crippen LogP contribution in [-0.2, 0) is 4.74 Å². The minimum absolute atomic E-state index is 0. The molecule has 1 aromatic carbocycles. The summed E-state index contributed by atoms with van der Waals surface area (Å²) in [4.78, 5) is 7.42. The third-order valence-electron chi connectivity index (χ3n) is 6.27. The van der Waals surface area contributed by atoms with E-state index in [9.17, 15) is 5.11 Å². The van der Waals surface area contributed by atoms with Crippen LogP contribution in [0.15, 0.2) is 29.3 Å². The van der Waals surface area contributed by atoms with Crippen molar-refractivity contribution < 1.29 is 14.6 Å². The maximum Gasteiger partial charge on any atom is 0.191 e.